The highest BCUT2D eigenvalue weighted by Gasteiger charge is 2.29. The Hall–Kier alpha value is -1.42. The van der Waals surface area contributed by atoms with Crippen molar-refractivity contribution in [3.8, 4) is 0 Å². The van der Waals surface area contributed by atoms with Crippen LogP contribution in [0.25, 0.3) is 0 Å². The number of amides is 1. The summed E-state index contributed by atoms with van der Waals surface area (Å²) in [7, 11) is -3.79. The Bertz CT molecular complexity index is 754. The number of nitrogens with zero attached hydrogens (tertiary/aromatic N) is 2. The highest BCUT2D eigenvalue weighted by Crippen LogP contribution is 2.19. The van der Waals surface area contributed by atoms with Crippen LogP contribution in [0.5, 0.6) is 0 Å². The van der Waals surface area contributed by atoms with Gasteiger partial charge in [-0.25, -0.2) is 13.1 Å². The molecule has 0 bridgehead atoms. The lowest BCUT2D eigenvalue weighted by atomic mass is 10.1. The van der Waals surface area contributed by atoms with Gasteiger partial charge in [0, 0.05) is 44.9 Å². The van der Waals surface area contributed by atoms with Crippen molar-refractivity contribution in [2.24, 2.45) is 0 Å². The first-order valence-corrected chi connectivity index (χ1v) is 10.9. The van der Waals surface area contributed by atoms with Crippen LogP contribution in [0.15, 0.2) is 21.6 Å². The van der Waals surface area contributed by atoms with Gasteiger partial charge in [-0.15, -0.1) is 0 Å². The van der Waals surface area contributed by atoms with Crippen molar-refractivity contribution in [3.63, 3.8) is 0 Å². The third kappa shape index (κ3) is 5.31. The molecule has 3 heterocycles. The number of piperazine rings is 1. The Morgan fingerprint density at radius 2 is 1.93 bits per heavy atom. The van der Waals surface area contributed by atoms with Crippen LogP contribution in [-0.4, -0.2) is 75.1 Å². The summed E-state index contributed by atoms with van der Waals surface area (Å²) in [5, 5.41) is -0.238. The fourth-order valence-corrected chi connectivity index (χ4v) is 4.75. The molecule has 3 rings (SSSR count). The molecule has 0 aromatic carbocycles. The number of nitrogens with one attached hydrogen (secondary N) is 1. The Balaban J connectivity index is 1.57. The first-order chi connectivity index (χ1) is 12.6. The van der Waals surface area contributed by atoms with Gasteiger partial charge in [0.25, 0.3) is 15.9 Å². The molecule has 1 N–H and O–H groups in total. The summed E-state index contributed by atoms with van der Waals surface area (Å²) in [6, 6.07) is 2.76. The average Bonchev–Trinajstić information content (AvgIpc) is 3.24. The molecule has 9 heteroatoms. The SMILES string of the molecule is CC(C)(C)NS(=O)(=O)c1ccc(C(=O)N2CCN(CC3CCCO3)CC2)o1. The van der Waals surface area contributed by atoms with Gasteiger partial charge in [0.1, 0.15) is 0 Å². The molecule has 0 aliphatic carbocycles. The van der Waals surface area contributed by atoms with Crippen molar-refractivity contribution < 1.29 is 22.4 Å². The predicted molar refractivity (Wildman–Crippen MR) is 100 cm³/mol. The molecule has 0 radical (unpaired) electrons. The maximum absolute atomic E-state index is 12.7. The third-order valence-electron chi connectivity index (χ3n) is 4.64. The first kappa shape index (κ1) is 20.3. The molecule has 1 amide bonds. The van der Waals surface area contributed by atoms with Crippen molar-refractivity contribution in [2.75, 3.05) is 39.3 Å². The summed E-state index contributed by atoms with van der Waals surface area (Å²) in [4.78, 5) is 16.7. The van der Waals surface area contributed by atoms with Gasteiger partial charge < -0.3 is 14.1 Å². The van der Waals surface area contributed by atoms with E-state index in [0.29, 0.717) is 19.2 Å². The van der Waals surface area contributed by atoms with Gasteiger partial charge in [-0.3, -0.25) is 9.69 Å². The van der Waals surface area contributed by atoms with Crippen molar-refractivity contribution in [3.05, 3.63) is 17.9 Å². The number of sulfonamides is 1. The van der Waals surface area contributed by atoms with Gasteiger partial charge in [0.05, 0.1) is 6.10 Å². The van der Waals surface area contributed by atoms with E-state index in [4.69, 9.17) is 9.15 Å². The number of hydrogen-bond donors (Lipinski definition) is 1. The minimum Gasteiger partial charge on any atom is -0.438 e. The van der Waals surface area contributed by atoms with Crippen LogP contribution in [0.2, 0.25) is 0 Å². The Kier molecular flexibility index (Phi) is 5.95. The van der Waals surface area contributed by atoms with E-state index < -0.39 is 15.6 Å². The second kappa shape index (κ2) is 7.90. The van der Waals surface area contributed by atoms with Gasteiger partial charge in [0.15, 0.2) is 5.76 Å². The van der Waals surface area contributed by atoms with Crippen LogP contribution in [0.3, 0.4) is 0 Å². The molecule has 0 saturated carbocycles. The Morgan fingerprint density at radius 1 is 1.22 bits per heavy atom. The molecule has 8 nitrogen and oxygen atoms in total. The molecule has 2 fully saturated rings. The zero-order chi connectivity index (χ0) is 19.7. The average molecular weight is 400 g/mol. The number of rotatable bonds is 5. The van der Waals surface area contributed by atoms with Gasteiger partial charge >= 0.3 is 0 Å². The van der Waals surface area contributed by atoms with E-state index in [0.717, 1.165) is 39.1 Å². The van der Waals surface area contributed by atoms with Crippen LogP contribution in [0.4, 0.5) is 0 Å². The number of ether oxygens (including phenoxy) is 1. The van der Waals surface area contributed by atoms with Gasteiger partial charge in [-0.2, -0.15) is 0 Å². The van der Waals surface area contributed by atoms with Crippen molar-refractivity contribution >= 4 is 15.9 Å². The molecule has 2 aliphatic rings. The van der Waals surface area contributed by atoms with Crippen molar-refractivity contribution in [1.29, 1.82) is 0 Å². The topological polar surface area (TPSA) is 92.1 Å². The third-order valence-corrected chi connectivity index (χ3v) is 6.27. The summed E-state index contributed by atoms with van der Waals surface area (Å²) < 4.78 is 38.2. The molecule has 2 saturated heterocycles. The fourth-order valence-electron chi connectivity index (χ4n) is 3.40. The van der Waals surface area contributed by atoms with Crippen LogP contribution in [-0.2, 0) is 14.8 Å². The zero-order valence-electron chi connectivity index (χ0n) is 16.2. The summed E-state index contributed by atoms with van der Waals surface area (Å²) in [5.41, 5.74) is -0.630. The fraction of sp³-hybridized carbons (Fsp3) is 0.722. The van der Waals surface area contributed by atoms with E-state index in [2.05, 4.69) is 9.62 Å². The molecular formula is C18H29N3O5S. The van der Waals surface area contributed by atoms with Crippen LogP contribution >= 0.6 is 0 Å². The van der Waals surface area contributed by atoms with E-state index in [-0.39, 0.29) is 16.8 Å². The van der Waals surface area contributed by atoms with Gasteiger partial charge in [0.2, 0.25) is 5.09 Å². The summed E-state index contributed by atoms with van der Waals surface area (Å²) in [5.74, 6) is -0.221. The Labute approximate surface area is 160 Å². The summed E-state index contributed by atoms with van der Waals surface area (Å²) in [6.07, 6.45) is 2.53. The van der Waals surface area contributed by atoms with E-state index in [1.807, 2.05) is 0 Å². The molecule has 152 valence electrons. The largest absolute Gasteiger partial charge is 0.438 e. The highest BCUT2D eigenvalue weighted by atomic mass is 32.2. The van der Waals surface area contributed by atoms with E-state index in [1.165, 1.54) is 12.1 Å². The lowest BCUT2D eigenvalue weighted by molar-refractivity contribution is 0.0414. The van der Waals surface area contributed by atoms with Crippen LogP contribution in [0, 0.1) is 0 Å². The molecule has 27 heavy (non-hydrogen) atoms. The number of carbonyl (C=O) groups excluding carboxylic acids is 1. The molecule has 1 atom stereocenters. The van der Waals surface area contributed by atoms with Crippen LogP contribution in [0.1, 0.15) is 44.2 Å². The molecule has 1 aromatic heterocycles. The maximum Gasteiger partial charge on any atom is 0.289 e. The smallest absolute Gasteiger partial charge is 0.289 e. The molecular weight excluding hydrogens is 370 g/mol. The predicted octanol–water partition coefficient (Wildman–Crippen LogP) is 1.29. The molecule has 2 aliphatic heterocycles. The van der Waals surface area contributed by atoms with E-state index >= 15 is 0 Å². The minimum atomic E-state index is -3.79. The van der Waals surface area contributed by atoms with Crippen LogP contribution < -0.4 is 4.72 Å². The number of furan rings is 1. The number of carbonyl (C=O) groups is 1. The van der Waals surface area contributed by atoms with Crippen molar-refractivity contribution in [1.82, 2.24) is 14.5 Å². The highest BCUT2D eigenvalue weighted by molar-refractivity contribution is 7.89. The second-order valence-electron chi connectivity index (χ2n) is 8.20. The maximum atomic E-state index is 12.7. The zero-order valence-corrected chi connectivity index (χ0v) is 17.0. The van der Waals surface area contributed by atoms with E-state index in [9.17, 15) is 13.2 Å². The normalized spacial score (nSPS) is 22.3. The summed E-state index contributed by atoms with van der Waals surface area (Å²) >= 11 is 0. The second-order valence-corrected chi connectivity index (χ2v) is 9.82. The lowest BCUT2D eigenvalue weighted by Gasteiger charge is -2.35. The molecule has 0 spiro atoms. The van der Waals surface area contributed by atoms with Crippen molar-refractivity contribution in [2.45, 2.75) is 50.3 Å². The van der Waals surface area contributed by atoms with E-state index in [1.54, 1.807) is 25.7 Å². The summed E-state index contributed by atoms with van der Waals surface area (Å²) in [6.45, 7) is 9.73. The Morgan fingerprint density at radius 3 is 2.52 bits per heavy atom. The standard InChI is InChI=1S/C18H29N3O5S/c1-18(2,3)19-27(23,24)16-7-6-15(26-16)17(22)21-10-8-20(9-11-21)13-14-5-4-12-25-14/h6-7,14,19H,4-5,8-13H2,1-3H3. The monoisotopic (exact) mass is 399 g/mol. The minimum absolute atomic E-state index is 0.0526. The molecule has 1 aromatic rings. The molecule has 1 unspecified atom stereocenters. The quantitative estimate of drug-likeness (QED) is 0.802. The van der Waals surface area contributed by atoms with Gasteiger partial charge in [-0.1, -0.05) is 0 Å². The number of hydrogen-bond acceptors (Lipinski definition) is 6. The van der Waals surface area contributed by atoms with Gasteiger partial charge in [-0.05, 0) is 45.7 Å². The first-order valence-electron chi connectivity index (χ1n) is 9.41. The lowest BCUT2D eigenvalue weighted by Crippen LogP contribution is -2.50.